The smallest absolute Gasteiger partial charge is 0.295 e. The normalized spacial score (nSPS) is 18.4. The number of hydrogen-bond acceptors (Lipinski definition) is 4. The van der Waals surface area contributed by atoms with Gasteiger partial charge < -0.3 is 14.7 Å². The predicted molar refractivity (Wildman–Crippen MR) is 117 cm³/mol. The van der Waals surface area contributed by atoms with Gasteiger partial charge in [-0.15, -0.1) is 0 Å². The Kier molecular flexibility index (Phi) is 6.73. The SMILES string of the molecule is Cc1ccc(/C(O)=C2/C(=O)C(=O)N(CCCOC(C)C)C2c2ccccc2C)cc1. The molecule has 0 saturated carbocycles. The standard InChI is InChI=1S/C25H29NO4/c1-16(2)30-15-7-14-26-22(20-9-6-5-8-18(20)4)21(24(28)25(26)29)23(27)19-12-10-17(3)11-13-19/h5-6,8-13,16,22,27H,7,14-15H2,1-4H3/b23-21-. The summed E-state index contributed by atoms with van der Waals surface area (Å²) >= 11 is 0. The third-order valence-corrected chi connectivity index (χ3v) is 5.34. The van der Waals surface area contributed by atoms with Crippen LogP contribution in [0.1, 0.15) is 48.6 Å². The van der Waals surface area contributed by atoms with Crippen molar-refractivity contribution in [3.8, 4) is 0 Å². The van der Waals surface area contributed by atoms with Crippen LogP contribution in [0.3, 0.4) is 0 Å². The lowest BCUT2D eigenvalue weighted by Gasteiger charge is -2.26. The van der Waals surface area contributed by atoms with Gasteiger partial charge in [0.1, 0.15) is 5.76 Å². The molecular weight excluding hydrogens is 378 g/mol. The maximum Gasteiger partial charge on any atom is 0.295 e. The number of Topliss-reactive ketones (excluding diaryl/α,β-unsaturated/α-hetero) is 1. The first kappa shape index (κ1) is 21.8. The number of hydrogen-bond donors (Lipinski definition) is 1. The molecule has 0 bridgehead atoms. The Morgan fingerprint density at radius 1 is 1.07 bits per heavy atom. The Balaban J connectivity index is 2.04. The highest BCUT2D eigenvalue weighted by Gasteiger charge is 2.46. The summed E-state index contributed by atoms with van der Waals surface area (Å²) in [6.07, 6.45) is 0.715. The van der Waals surface area contributed by atoms with E-state index in [1.165, 1.54) is 0 Å². The van der Waals surface area contributed by atoms with E-state index in [1.54, 1.807) is 17.0 Å². The van der Waals surface area contributed by atoms with Crippen LogP contribution in [0.4, 0.5) is 0 Å². The van der Waals surface area contributed by atoms with Gasteiger partial charge in [-0.05, 0) is 45.2 Å². The van der Waals surface area contributed by atoms with Crippen LogP contribution in [0.5, 0.6) is 0 Å². The molecule has 30 heavy (non-hydrogen) atoms. The molecule has 1 saturated heterocycles. The highest BCUT2D eigenvalue weighted by molar-refractivity contribution is 6.46. The van der Waals surface area contributed by atoms with Crippen molar-refractivity contribution in [2.45, 2.75) is 46.3 Å². The van der Waals surface area contributed by atoms with Crippen molar-refractivity contribution in [1.29, 1.82) is 0 Å². The van der Waals surface area contributed by atoms with Gasteiger partial charge in [-0.1, -0.05) is 54.1 Å². The monoisotopic (exact) mass is 407 g/mol. The van der Waals surface area contributed by atoms with E-state index in [2.05, 4.69) is 0 Å². The molecule has 1 unspecified atom stereocenters. The number of carbonyl (C=O) groups is 2. The lowest BCUT2D eigenvalue weighted by Crippen LogP contribution is -2.31. The van der Waals surface area contributed by atoms with Crippen LogP contribution in [0, 0.1) is 13.8 Å². The number of ketones is 1. The van der Waals surface area contributed by atoms with E-state index in [1.807, 2.05) is 64.1 Å². The minimum Gasteiger partial charge on any atom is -0.507 e. The molecule has 1 fully saturated rings. The van der Waals surface area contributed by atoms with Crippen LogP contribution in [0.25, 0.3) is 5.76 Å². The molecule has 1 N–H and O–H groups in total. The van der Waals surface area contributed by atoms with Crippen LogP contribution in [-0.2, 0) is 14.3 Å². The Morgan fingerprint density at radius 3 is 2.37 bits per heavy atom. The van der Waals surface area contributed by atoms with Gasteiger partial charge in [-0.25, -0.2) is 0 Å². The Hall–Kier alpha value is -2.92. The zero-order valence-corrected chi connectivity index (χ0v) is 18.0. The lowest BCUT2D eigenvalue weighted by molar-refractivity contribution is -0.140. The summed E-state index contributed by atoms with van der Waals surface area (Å²) in [5.41, 5.74) is 3.52. The minimum atomic E-state index is -0.647. The fourth-order valence-corrected chi connectivity index (χ4v) is 3.75. The van der Waals surface area contributed by atoms with E-state index in [9.17, 15) is 14.7 Å². The molecule has 0 aliphatic carbocycles. The highest BCUT2D eigenvalue weighted by atomic mass is 16.5. The topological polar surface area (TPSA) is 66.8 Å². The van der Waals surface area contributed by atoms with Gasteiger partial charge in [0.25, 0.3) is 11.7 Å². The Labute approximate surface area is 178 Å². The van der Waals surface area contributed by atoms with E-state index < -0.39 is 17.7 Å². The third-order valence-electron chi connectivity index (χ3n) is 5.34. The summed E-state index contributed by atoms with van der Waals surface area (Å²) < 4.78 is 5.60. The number of ether oxygens (including phenoxy) is 1. The number of likely N-dealkylation sites (tertiary alicyclic amines) is 1. The van der Waals surface area contributed by atoms with Gasteiger partial charge in [-0.2, -0.15) is 0 Å². The number of benzene rings is 2. The van der Waals surface area contributed by atoms with Gasteiger partial charge in [0.15, 0.2) is 0 Å². The van der Waals surface area contributed by atoms with Crippen molar-refractivity contribution in [3.05, 3.63) is 76.4 Å². The molecule has 2 aromatic rings. The zero-order valence-electron chi connectivity index (χ0n) is 18.0. The van der Waals surface area contributed by atoms with Gasteiger partial charge >= 0.3 is 0 Å². The molecule has 1 amide bonds. The van der Waals surface area contributed by atoms with Crippen molar-refractivity contribution in [3.63, 3.8) is 0 Å². The maximum atomic E-state index is 13.0. The van der Waals surface area contributed by atoms with E-state index in [0.29, 0.717) is 25.1 Å². The Morgan fingerprint density at radius 2 is 1.73 bits per heavy atom. The molecular formula is C25H29NO4. The van der Waals surface area contributed by atoms with Crippen molar-refractivity contribution >= 4 is 17.4 Å². The molecule has 0 spiro atoms. The van der Waals surface area contributed by atoms with Gasteiger partial charge in [0, 0.05) is 18.7 Å². The first-order valence-corrected chi connectivity index (χ1v) is 10.3. The number of rotatable bonds is 7. The summed E-state index contributed by atoms with van der Waals surface area (Å²) in [5.74, 6) is -1.37. The lowest BCUT2D eigenvalue weighted by atomic mass is 9.92. The average molecular weight is 408 g/mol. The second kappa shape index (κ2) is 9.26. The van der Waals surface area contributed by atoms with Crippen molar-refractivity contribution < 1.29 is 19.4 Å². The number of aliphatic hydroxyl groups is 1. The van der Waals surface area contributed by atoms with Crippen molar-refractivity contribution in [1.82, 2.24) is 4.90 Å². The number of aryl methyl sites for hydroxylation is 2. The molecule has 5 nitrogen and oxygen atoms in total. The van der Waals surface area contributed by atoms with Crippen molar-refractivity contribution in [2.75, 3.05) is 13.2 Å². The summed E-state index contributed by atoms with van der Waals surface area (Å²) in [4.78, 5) is 27.5. The van der Waals surface area contributed by atoms with E-state index in [-0.39, 0.29) is 17.4 Å². The highest BCUT2D eigenvalue weighted by Crippen LogP contribution is 2.40. The molecule has 1 heterocycles. The number of carbonyl (C=O) groups excluding carboxylic acids is 2. The summed E-state index contributed by atoms with van der Waals surface area (Å²) in [5, 5.41) is 11.0. The predicted octanol–water partition coefficient (Wildman–Crippen LogP) is 4.54. The van der Waals surface area contributed by atoms with Crippen LogP contribution in [0.15, 0.2) is 54.1 Å². The number of amides is 1. The van der Waals surface area contributed by atoms with Gasteiger partial charge in [0.2, 0.25) is 0 Å². The molecule has 5 heteroatoms. The molecule has 3 rings (SSSR count). The Bertz CT molecular complexity index is 959. The van der Waals surface area contributed by atoms with E-state index in [4.69, 9.17) is 4.74 Å². The summed E-state index contributed by atoms with van der Waals surface area (Å²) in [7, 11) is 0. The molecule has 0 radical (unpaired) electrons. The van der Waals surface area contributed by atoms with Crippen LogP contribution in [-0.4, -0.2) is 41.0 Å². The summed E-state index contributed by atoms with van der Waals surface area (Å²) in [6.45, 7) is 8.70. The van der Waals surface area contributed by atoms with Crippen molar-refractivity contribution in [2.24, 2.45) is 0 Å². The zero-order chi connectivity index (χ0) is 21.8. The molecule has 1 aliphatic rings. The van der Waals surface area contributed by atoms with Gasteiger partial charge in [-0.3, -0.25) is 9.59 Å². The van der Waals surface area contributed by atoms with Crippen LogP contribution in [0.2, 0.25) is 0 Å². The van der Waals surface area contributed by atoms with Crippen LogP contribution >= 0.6 is 0 Å². The molecule has 1 atom stereocenters. The van der Waals surface area contributed by atoms with E-state index in [0.717, 1.165) is 16.7 Å². The second-order valence-electron chi connectivity index (χ2n) is 7.99. The average Bonchev–Trinajstić information content (AvgIpc) is 2.96. The van der Waals surface area contributed by atoms with Crippen LogP contribution < -0.4 is 0 Å². The first-order chi connectivity index (χ1) is 14.3. The molecule has 1 aliphatic heterocycles. The first-order valence-electron chi connectivity index (χ1n) is 10.3. The fourth-order valence-electron chi connectivity index (χ4n) is 3.75. The molecule has 2 aromatic carbocycles. The maximum absolute atomic E-state index is 13.0. The largest absolute Gasteiger partial charge is 0.507 e. The van der Waals surface area contributed by atoms with Gasteiger partial charge in [0.05, 0.1) is 17.7 Å². The quantitative estimate of drug-likeness (QED) is 0.317. The van der Waals surface area contributed by atoms with E-state index >= 15 is 0 Å². The minimum absolute atomic E-state index is 0.106. The molecule has 0 aromatic heterocycles. The number of nitrogens with zero attached hydrogens (tertiary/aromatic N) is 1. The molecule has 158 valence electrons. The second-order valence-corrected chi connectivity index (χ2v) is 7.99. The third kappa shape index (κ3) is 4.46. The summed E-state index contributed by atoms with van der Waals surface area (Å²) in [6, 6.07) is 14.3. The number of aliphatic hydroxyl groups excluding tert-OH is 1. The fraction of sp³-hybridized carbons (Fsp3) is 0.360.